The van der Waals surface area contributed by atoms with Gasteiger partial charge in [0.15, 0.2) is 0 Å². The van der Waals surface area contributed by atoms with E-state index in [9.17, 15) is 4.79 Å². The number of nitrogens with two attached hydrogens (primary N) is 1. The van der Waals surface area contributed by atoms with Gasteiger partial charge in [-0.3, -0.25) is 4.79 Å². The van der Waals surface area contributed by atoms with Gasteiger partial charge in [0.1, 0.15) is 0 Å². The van der Waals surface area contributed by atoms with Crippen LogP contribution in [0, 0.1) is 17.3 Å². The van der Waals surface area contributed by atoms with Crippen molar-refractivity contribution in [1.29, 1.82) is 0 Å². The lowest BCUT2D eigenvalue weighted by atomic mass is 9.71. The van der Waals surface area contributed by atoms with Gasteiger partial charge in [-0.2, -0.15) is 0 Å². The molecule has 0 radical (unpaired) electrons. The van der Waals surface area contributed by atoms with E-state index in [4.69, 9.17) is 15.6 Å². The Kier molecular flexibility index (Phi) is 6.60. The number of rotatable bonds is 7. The fourth-order valence-electron chi connectivity index (χ4n) is 1.92. The third kappa shape index (κ3) is 3.46. The van der Waals surface area contributed by atoms with Gasteiger partial charge in [-0.25, -0.2) is 0 Å². The van der Waals surface area contributed by atoms with E-state index in [1.54, 1.807) is 6.92 Å². The van der Waals surface area contributed by atoms with Crippen LogP contribution in [0.3, 0.4) is 0 Å². The van der Waals surface area contributed by atoms with E-state index in [1.807, 2.05) is 20.8 Å². The summed E-state index contributed by atoms with van der Waals surface area (Å²) in [5, 5.41) is 9.09. The van der Waals surface area contributed by atoms with E-state index in [0.29, 0.717) is 13.0 Å². The fraction of sp³-hybridized carbons (Fsp3) is 0.917. The fourth-order valence-corrected chi connectivity index (χ4v) is 1.92. The minimum atomic E-state index is -0.668. The minimum Gasteiger partial charge on any atom is -0.466 e. The maximum Gasteiger partial charge on any atom is 0.313 e. The maximum atomic E-state index is 12.0. The van der Waals surface area contributed by atoms with Crippen molar-refractivity contribution in [1.82, 2.24) is 0 Å². The van der Waals surface area contributed by atoms with Crippen LogP contribution in [0.5, 0.6) is 0 Å². The second-order valence-electron chi connectivity index (χ2n) is 4.73. The molecular formula is C12H25NO3. The van der Waals surface area contributed by atoms with Crippen molar-refractivity contribution >= 4 is 5.97 Å². The first-order valence-electron chi connectivity index (χ1n) is 5.92. The summed E-state index contributed by atoms with van der Waals surface area (Å²) in [5.74, 6) is -0.0892. The van der Waals surface area contributed by atoms with Crippen molar-refractivity contribution in [2.24, 2.45) is 23.0 Å². The van der Waals surface area contributed by atoms with Gasteiger partial charge in [0.05, 0.1) is 12.0 Å². The van der Waals surface area contributed by atoms with Gasteiger partial charge in [0, 0.05) is 13.2 Å². The van der Waals surface area contributed by atoms with Gasteiger partial charge in [-0.05, 0) is 25.2 Å². The summed E-state index contributed by atoms with van der Waals surface area (Å²) in [7, 11) is 0. The third-order valence-electron chi connectivity index (χ3n) is 3.18. The van der Waals surface area contributed by atoms with Crippen LogP contribution in [0.25, 0.3) is 0 Å². The Labute approximate surface area is 98.2 Å². The van der Waals surface area contributed by atoms with Crippen molar-refractivity contribution in [2.45, 2.75) is 34.1 Å². The highest BCUT2D eigenvalue weighted by Crippen LogP contribution is 2.35. The molecule has 0 aliphatic heterocycles. The molecule has 4 nitrogen and oxygen atoms in total. The molecular weight excluding hydrogens is 206 g/mol. The monoisotopic (exact) mass is 231 g/mol. The number of ether oxygens (including phenoxy) is 1. The van der Waals surface area contributed by atoms with Crippen LogP contribution in [0.15, 0.2) is 0 Å². The number of aliphatic hydroxyl groups is 1. The van der Waals surface area contributed by atoms with E-state index in [1.165, 1.54) is 0 Å². The van der Waals surface area contributed by atoms with Gasteiger partial charge in [0.2, 0.25) is 0 Å². The summed E-state index contributed by atoms with van der Waals surface area (Å²) in [4.78, 5) is 12.0. The summed E-state index contributed by atoms with van der Waals surface area (Å²) in [5.41, 5.74) is 5.09. The smallest absolute Gasteiger partial charge is 0.313 e. The number of aliphatic hydroxyl groups excluding tert-OH is 1. The van der Waals surface area contributed by atoms with Gasteiger partial charge >= 0.3 is 5.97 Å². The summed E-state index contributed by atoms with van der Waals surface area (Å²) < 4.78 is 5.10. The number of carbonyl (C=O) groups excluding carboxylic acids is 1. The molecule has 0 spiro atoms. The van der Waals surface area contributed by atoms with Crippen LogP contribution in [0.4, 0.5) is 0 Å². The topological polar surface area (TPSA) is 72.5 Å². The Hall–Kier alpha value is -0.610. The average molecular weight is 231 g/mol. The molecule has 0 amide bonds. The first-order valence-corrected chi connectivity index (χ1v) is 5.92. The first kappa shape index (κ1) is 15.4. The lowest BCUT2D eigenvalue weighted by Gasteiger charge is -2.35. The third-order valence-corrected chi connectivity index (χ3v) is 3.18. The molecule has 0 aromatic heterocycles. The molecule has 16 heavy (non-hydrogen) atoms. The first-order chi connectivity index (χ1) is 7.44. The maximum absolute atomic E-state index is 12.0. The van der Waals surface area contributed by atoms with Crippen molar-refractivity contribution < 1.29 is 14.6 Å². The van der Waals surface area contributed by atoms with Crippen LogP contribution in [-0.4, -0.2) is 30.8 Å². The Morgan fingerprint density at radius 3 is 2.31 bits per heavy atom. The number of esters is 1. The van der Waals surface area contributed by atoms with Crippen LogP contribution in [0.1, 0.15) is 34.1 Å². The lowest BCUT2D eigenvalue weighted by molar-refractivity contribution is -0.159. The highest BCUT2D eigenvalue weighted by molar-refractivity contribution is 5.77. The lowest BCUT2D eigenvalue weighted by Crippen LogP contribution is -2.45. The Morgan fingerprint density at radius 2 is 2.00 bits per heavy atom. The zero-order valence-electron chi connectivity index (χ0n) is 10.8. The molecule has 0 aliphatic carbocycles. The average Bonchev–Trinajstić information content (AvgIpc) is 2.25. The molecule has 2 unspecified atom stereocenters. The van der Waals surface area contributed by atoms with Crippen molar-refractivity contribution in [3.05, 3.63) is 0 Å². The van der Waals surface area contributed by atoms with Crippen molar-refractivity contribution in [3.8, 4) is 0 Å². The van der Waals surface area contributed by atoms with Gasteiger partial charge in [-0.1, -0.05) is 20.8 Å². The van der Waals surface area contributed by atoms with Crippen molar-refractivity contribution in [3.63, 3.8) is 0 Å². The molecule has 0 rings (SSSR count). The largest absolute Gasteiger partial charge is 0.466 e. The summed E-state index contributed by atoms with van der Waals surface area (Å²) in [6, 6.07) is 0. The molecule has 2 atom stereocenters. The van der Waals surface area contributed by atoms with E-state index in [-0.39, 0.29) is 31.0 Å². The normalized spacial score (nSPS) is 16.9. The molecule has 0 aromatic carbocycles. The van der Waals surface area contributed by atoms with Crippen LogP contribution in [0.2, 0.25) is 0 Å². The van der Waals surface area contributed by atoms with E-state index < -0.39 is 5.41 Å². The highest BCUT2D eigenvalue weighted by Gasteiger charge is 2.42. The Morgan fingerprint density at radius 1 is 1.44 bits per heavy atom. The zero-order valence-corrected chi connectivity index (χ0v) is 10.8. The molecule has 0 saturated carbocycles. The quantitative estimate of drug-likeness (QED) is 0.645. The zero-order chi connectivity index (χ0) is 12.8. The number of carbonyl (C=O) groups is 1. The Bertz CT molecular complexity index is 218. The van der Waals surface area contributed by atoms with Crippen LogP contribution < -0.4 is 5.73 Å². The number of hydrogen-bond donors (Lipinski definition) is 2. The molecule has 0 bridgehead atoms. The molecule has 96 valence electrons. The summed E-state index contributed by atoms with van der Waals surface area (Å²) in [6.07, 6.45) is 0.566. The van der Waals surface area contributed by atoms with Crippen molar-refractivity contribution in [2.75, 3.05) is 19.8 Å². The highest BCUT2D eigenvalue weighted by atomic mass is 16.5. The molecule has 0 fully saturated rings. The van der Waals surface area contributed by atoms with Gasteiger partial charge < -0.3 is 15.6 Å². The van der Waals surface area contributed by atoms with E-state index >= 15 is 0 Å². The molecule has 4 heteroatoms. The summed E-state index contributed by atoms with van der Waals surface area (Å²) >= 11 is 0. The number of hydrogen-bond acceptors (Lipinski definition) is 4. The predicted molar refractivity (Wildman–Crippen MR) is 63.8 cm³/mol. The van der Waals surface area contributed by atoms with Crippen LogP contribution >= 0.6 is 0 Å². The molecule has 0 aliphatic rings. The molecule has 0 heterocycles. The standard InChI is InChI=1S/C12H25NO3/c1-5-16-11(15)12(8-13,9(2)3)6-10(4)7-14/h9-10,14H,5-8,13H2,1-4H3. The van der Waals surface area contributed by atoms with E-state index in [0.717, 1.165) is 0 Å². The Balaban J connectivity index is 4.91. The second-order valence-corrected chi connectivity index (χ2v) is 4.73. The van der Waals surface area contributed by atoms with Gasteiger partial charge in [0.25, 0.3) is 0 Å². The molecule has 0 aromatic rings. The minimum absolute atomic E-state index is 0.0513. The van der Waals surface area contributed by atoms with Crippen LogP contribution in [-0.2, 0) is 9.53 Å². The van der Waals surface area contributed by atoms with E-state index in [2.05, 4.69) is 0 Å². The predicted octanol–water partition coefficient (Wildman–Crippen LogP) is 1.17. The SMILES string of the molecule is CCOC(=O)C(CN)(CC(C)CO)C(C)C. The molecule has 3 N–H and O–H groups in total. The summed E-state index contributed by atoms with van der Waals surface area (Å²) in [6.45, 7) is 8.31. The van der Waals surface area contributed by atoms with Gasteiger partial charge in [-0.15, -0.1) is 0 Å². The molecule has 0 saturated heterocycles. The second kappa shape index (κ2) is 6.86.